The van der Waals surface area contributed by atoms with Crippen LogP contribution in [0.3, 0.4) is 0 Å². The smallest absolute Gasteiger partial charge is 0.142 e. The van der Waals surface area contributed by atoms with Gasteiger partial charge in [-0.05, 0) is 63.7 Å². The SMILES string of the molecule is CC1CCc2cccc(OCCCN3CCCC3)c2N1. The van der Waals surface area contributed by atoms with Crippen molar-refractivity contribution < 1.29 is 4.74 Å². The zero-order valence-electron chi connectivity index (χ0n) is 12.5. The molecule has 0 saturated carbocycles. The van der Waals surface area contributed by atoms with Crippen molar-refractivity contribution in [3.05, 3.63) is 23.8 Å². The fraction of sp³-hybridized carbons (Fsp3) is 0.647. The van der Waals surface area contributed by atoms with E-state index in [1.165, 1.54) is 50.1 Å². The summed E-state index contributed by atoms with van der Waals surface area (Å²) in [4.78, 5) is 2.55. The van der Waals surface area contributed by atoms with Gasteiger partial charge in [-0.25, -0.2) is 0 Å². The number of hydrogen-bond donors (Lipinski definition) is 1. The van der Waals surface area contributed by atoms with E-state index in [4.69, 9.17) is 4.74 Å². The maximum atomic E-state index is 6.02. The molecule has 1 aromatic rings. The average molecular weight is 274 g/mol. The molecule has 0 spiro atoms. The normalized spacial score (nSPS) is 22.4. The number of benzene rings is 1. The highest BCUT2D eigenvalue weighted by atomic mass is 16.5. The van der Waals surface area contributed by atoms with Crippen LogP contribution in [0.2, 0.25) is 0 Å². The number of nitrogens with zero attached hydrogens (tertiary/aromatic N) is 1. The molecule has 110 valence electrons. The lowest BCUT2D eigenvalue weighted by Crippen LogP contribution is -2.23. The molecule has 1 N–H and O–H groups in total. The van der Waals surface area contributed by atoms with Gasteiger partial charge in [-0.1, -0.05) is 12.1 Å². The summed E-state index contributed by atoms with van der Waals surface area (Å²) in [6.07, 6.45) is 6.24. The number of aryl methyl sites for hydroxylation is 1. The highest BCUT2D eigenvalue weighted by Crippen LogP contribution is 2.33. The van der Waals surface area contributed by atoms with Crippen LogP contribution in [-0.2, 0) is 6.42 Å². The predicted molar refractivity (Wildman–Crippen MR) is 83.6 cm³/mol. The van der Waals surface area contributed by atoms with Crippen LogP contribution in [-0.4, -0.2) is 37.2 Å². The van der Waals surface area contributed by atoms with Gasteiger partial charge in [-0.3, -0.25) is 0 Å². The Morgan fingerprint density at radius 2 is 2.15 bits per heavy atom. The van der Waals surface area contributed by atoms with E-state index in [0.29, 0.717) is 6.04 Å². The third-order valence-electron chi connectivity index (χ3n) is 4.42. The van der Waals surface area contributed by atoms with Crippen molar-refractivity contribution >= 4 is 5.69 Å². The number of ether oxygens (including phenoxy) is 1. The van der Waals surface area contributed by atoms with E-state index in [9.17, 15) is 0 Å². The quantitative estimate of drug-likeness (QED) is 0.834. The summed E-state index contributed by atoms with van der Waals surface area (Å²) < 4.78 is 6.02. The first kappa shape index (κ1) is 13.7. The third kappa shape index (κ3) is 3.26. The van der Waals surface area contributed by atoms with Gasteiger partial charge in [-0.2, -0.15) is 0 Å². The molecular weight excluding hydrogens is 248 g/mol. The maximum absolute atomic E-state index is 6.02. The van der Waals surface area contributed by atoms with E-state index in [0.717, 1.165) is 25.2 Å². The first-order chi connectivity index (χ1) is 9.83. The largest absolute Gasteiger partial charge is 0.491 e. The lowest BCUT2D eigenvalue weighted by molar-refractivity contribution is 0.263. The number of anilines is 1. The molecule has 0 aliphatic carbocycles. The molecule has 20 heavy (non-hydrogen) atoms. The first-order valence-electron chi connectivity index (χ1n) is 8.06. The Hall–Kier alpha value is -1.22. The molecule has 1 aromatic carbocycles. The van der Waals surface area contributed by atoms with E-state index >= 15 is 0 Å². The van der Waals surface area contributed by atoms with E-state index < -0.39 is 0 Å². The monoisotopic (exact) mass is 274 g/mol. The summed E-state index contributed by atoms with van der Waals surface area (Å²) in [6.45, 7) is 6.80. The summed E-state index contributed by atoms with van der Waals surface area (Å²) in [6, 6.07) is 6.98. The summed E-state index contributed by atoms with van der Waals surface area (Å²) in [5.74, 6) is 1.04. The van der Waals surface area contributed by atoms with Crippen LogP contribution in [0.25, 0.3) is 0 Å². The number of fused-ring (bicyclic) bond motifs is 1. The van der Waals surface area contributed by atoms with Crippen LogP contribution in [0.1, 0.15) is 38.2 Å². The summed E-state index contributed by atoms with van der Waals surface area (Å²) in [5.41, 5.74) is 2.63. The molecule has 1 unspecified atom stereocenters. The molecule has 1 fully saturated rings. The Bertz CT molecular complexity index is 441. The summed E-state index contributed by atoms with van der Waals surface area (Å²) in [7, 11) is 0. The van der Waals surface area contributed by atoms with Gasteiger partial charge >= 0.3 is 0 Å². The third-order valence-corrected chi connectivity index (χ3v) is 4.42. The van der Waals surface area contributed by atoms with Crippen molar-refractivity contribution in [2.24, 2.45) is 0 Å². The van der Waals surface area contributed by atoms with Gasteiger partial charge in [0.1, 0.15) is 5.75 Å². The van der Waals surface area contributed by atoms with Crippen molar-refractivity contribution in [1.82, 2.24) is 4.90 Å². The average Bonchev–Trinajstić information content (AvgIpc) is 2.97. The Balaban J connectivity index is 1.52. The van der Waals surface area contributed by atoms with Gasteiger partial charge in [0.25, 0.3) is 0 Å². The fourth-order valence-corrected chi connectivity index (χ4v) is 3.24. The highest BCUT2D eigenvalue weighted by molar-refractivity contribution is 5.63. The van der Waals surface area contributed by atoms with Crippen molar-refractivity contribution in [2.45, 2.75) is 45.1 Å². The second-order valence-corrected chi connectivity index (χ2v) is 6.13. The Morgan fingerprint density at radius 3 is 3.00 bits per heavy atom. The molecule has 0 radical (unpaired) electrons. The molecule has 3 heteroatoms. The molecule has 2 aliphatic heterocycles. The second kappa shape index (κ2) is 6.49. The van der Waals surface area contributed by atoms with Crippen LogP contribution in [0.5, 0.6) is 5.75 Å². The molecule has 2 heterocycles. The molecular formula is C17H26N2O. The molecule has 0 bridgehead atoms. The molecule has 2 aliphatic rings. The van der Waals surface area contributed by atoms with Crippen molar-refractivity contribution in [3.8, 4) is 5.75 Å². The minimum atomic E-state index is 0.553. The fourth-order valence-electron chi connectivity index (χ4n) is 3.24. The molecule has 0 amide bonds. The summed E-state index contributed by atoms with van der Waals surface area (Å²) in [5, 5.41) is 3.58. The highest BCUT2D eigenvalue weighted by Gasteiger charge is 2.17. The molecule has 1 atom stereocenters. The van der Waals surface area contributed by atoms with E-state index in [2.05, 4.69) is 35.3 Å². The van der Waals surface area contributed by atoms with E-state index in [-0.39, 0.29) is 0 Å². The van der Waals surface area contributed by atoms with E-state index in [1.807, 2.05) is 0 Å². The number of para-hydroxylation sites is 1. The van der Waals surface area contributed by atoms with Gasteiger partial charge in [-0.15, -0.1) is 0 Å². The van der Waals surface area contributed by atoms with Gasteiger partial charge < -0.3 is 15.0 Å². The minimum Gasteiger partial charge on any atom is -0.491 e. The van der Waals surface area contributed by atoms with Crippen LogP contribution >= 0.6 is 0 Å². The lowest BCUT2D eigenvalue weighted by atomic mass is 9.98. The first-order valence-corrected chi connectivity index (χ1v) is 8.06. The maximum Gasteiger partial charge on any atom is 0.142 e. The second-order valence-electron chi connectivity index (χ2n) is 6.13. The predicted octanol–water partition coefficient (Wildman–Crippen LogP) is 3.30. The number of hydrogen-bond acceptors (Lipinski definition) is 3. The van der Waals surface area contributed by atoms with Gasteiger partial charge in [0.2, 0.25) is 0 Å². The Morgan fingerprint density at radius 1 is 1.30 bits per heavy atom. The zero-order valence-corrected chi connectivity index (χ0v) is 12.5. The van der Waals surface area contributed by atoms with Crippen molar-refractivity contribution in [2.75, 3.05) is 31.6 Å². The van der Waals surface area contributed by atoms with Crippen LogP contribution < -0.4 is 10.1 Å². The topological polar surface area (TPSA) is 24.5 Å². The van der Waals surface area contributed by atoms with E-state index in [1.54, 1.807) is 0 Å². The summed E-state index contributed by atoms with van der Waals surface area (Å²) >= 11 is 0. The van der Waals surface area contributed by atoms with Gasteiger partial charge in [0, 0.05) is 12.6 Å². The van der Waals surface area contributed by atoms with Gasteiger partial charge in [0.15, 0.2) is 0 Å². The van der Waals surface area contributed by atoms with Crippen molar-refractivity contribution in [1.29, 1.82) is 0 Å². The molecule has 3 rings (SSSR count). The molecule has 1 saturated heterocycles. The van der Waals surface area contributed by atoms with Crippen molar-refractivity contribution in [3.63, 3.8) is 0 Å². The lowest BCUT2D eigenvalue weighted by Gasteiger charge is -2.26. The minimum absolute atomic E-state index is 0.553. The number of nitrogens with one attached hydrogen (secondary N) is 1. The van der Waals surface area contributed by atoms with Gasteiger partial charge in [0.05, 0.1) is 12.3 Å². The molecule has 0 aromatic heterocycles. The number of likely N-dealkylation sites (tertiary alicyclic amines) is 1. The van der Waals surface area contributed by atoms with Crippen LogP contribution in [0.15, 0.2) is 18.2 Å². The van der Waals surface area contributed by atoms with Crippen LogP contribution in [0, 0.1) is 0 Å². The Kier molecular flexibility index (Phi) is 4.46. The number of rotatable bonds is 5. The Labute approximate surface area is 122 Å². The van der Waals surface area contributed by atoms with Crippen LogP contribution in [0.4, 0.5) is 5.69 Å². The standard InChI is InChI=1S/C17H26N2O/c1-14-8-9-15-6-4-7-16(17(15)18-14)20-13-5-12-19-10-2-3-11-19/h4,6-7,14,18H,2-3,5,8-13H2,1H3. The molecule has 3 nitrogen and oxygen atoms in total. The zero-order chi connectivity index (χ0) is 13.8.